The van der Waals surface area contributed by atoms with Crippen LogP contribution in [-0.4, -0.2) is 75.5 Å². The Labute approximate surface area is 391 Å². The summed E-state index contributed by atoms with van der Waals surface area (Å²) in [5.74, 6) is -1.83. The first-order valence-electron chi connectivity index (χ1n) is 24.9. The van der Waals surface area contributed by atoms with Gasteiger partial charge in [0, 0.05) is 19.3 Å². The van der Waals surface area contributed by atoms with Gasteiger partial charge < -0.3 is 28.6 Å². The van der Waals surface area contributed by atoms with E-state index in [9.17, 15) is 19.5 Å². The van der Waals surface area contributed by atoms with Crippen molar-refractivity contribution in [1.82, 2.24) is 0 Å². The third-order valence-corrected chi connectivity index (χ3v) is 10.4. The van der Waals surface area contributed by atoms with Gasteiger partial charge in [0.05, 0.1) is 40.3 Å². The molecule has 0 saturated heterocycles. The Balaban J connectivity index is 4.34. The lowest BCUT2D eigenvalue weighted by molar-refractivity contribution is -0.889. The number of allylic oxidation sites excluding steroid dienone is 18. The second-order valence-corrected chi connectivity index (χ2v) is 17.3. The van der Waals surface area contributed by atoms with Gasteiger partial charge in [-0.15, -0.1) is 0 Å². The number of carboxylic acid groups (broad SMARTS) is 1. The second-order valence-electron chi connectivity index (χ2n) is 17.3. The van der Waals surface area contributed by atoms with E-state index >= 15 is 0 Å². The molecule has 0 aromatic rings. The molecule has 0 saturated carbocycles. The van der Waals surface area contributed by atoms with Gasteiger partial charge in [0.1, 0.15) is 12.6 Å². The Bertz CT molecular complexity index is 1410. The van der Waals surface area contributed by atoms with Crippen molar-refractivity contribution in [3.8, 4) is 0 Å². The summed E-state index contributed by atoms with van der Waals surface area (Å²) >= 11 is 0. The van der Waals surface area contributed by atoms with E-state index in [4.69, 9.17) is 14.2 Å². The Kier molecular flexibility index (Phi) is 42.7. The van der Waals surface area contributed by atoms with Gasteiger partial charge in [-0.25, -0.2) is 0 Å². The van der Waals surface area contributed by atoms with Gasteiger partial charge in [-0.05, 0) is 89.9 Å². The van der Waals surface area contributed by atoms with Crippen LogP contribution in [0, 0.1) is 0 Å². The van der Waals surface area contributed by atoms with Crippen LogP contribution in [-0.2, 0) is 28.6 Å². The number of esters is 2. The molecular weight excluding hydrogens is 799 g/mol. The quantitative estimate of drug-likeness (QED) is 0.0260. The standard InChI is InChI=1S/C56H91NO7/c1-6-8-10-12-14-16-18-20-22-24-25-26-27-28-29-31-32-34-36-38-40-42-44-46-54(58)63-51-52(50-62-49-48-53(56(60)61)57(3,4)5)64-55(59)47-45-43-41-39-37-35-33-30-23-21-19-17-15-13-11-9-7-2/h8-11,14-17,20-23,25-26,33,35,39,41,52-53H,6-7,12-13,18-19,24,27-32,34,36-38,40,42-51H2,1-5H3/b10-8-,11-9-,16-14-,17-15-,22-20-,23-21-,26-25-,35-33-,41-39-. The fourth-order valence-electron chi connectivity index (χ4n) is 6.63. The van der Waals surface area contributed by atoms with E-state index in [2.05, 4.69) is 123 Å². The van der Waals surface area contributed by atoms with E-state index in [1.807, 2.05) is 0 Å². The summed E-state index contributed by atoms with van der Waals surface area (Å²) in [6.45, 7) is 4.36. The second kappa shape index (κ2) is 45.6. The summed E-state index contributed by atoms with van der Waals surface area (Å²) in [4.78, 5) is 37.0. The number of nitrogens with zero attached hydrogens (tertiary/aromatic N) is 1. The number of carboxylic acids is 1. The van der Waals surface area contributed by atoms with Gasteiger partial charge in [-0.1, -0.05) is 175 Å². The molecule has 0 radical (unpaired) electrons. The molecule has 0 aromatic carbocycles. The van der Waals surface area contributed by atoms with Crippen molar-refractivity contribution in [2.75, 3.05) is 41.0 Å². The highest BCUT2D eigenvalue weighted by Crippen LogP contribution is 2.14. The molecule has 0 aliphatic rings. The van der Waals surface area contributed by atoms with Crippen LogP contribution in [0.2, 0.25) is 0 Å². The molecule has 2 atom stereocenters. The zero-order chi connectivity index (χ0) is 47.0. The number of aliphatic carboxylic acids is 1. The highest BCUT2D eigenvalue weighted by molar-refractivity contribution is 5.70. The lowest BCUT2D eigenvalue weighted by Crippen LogP contribution is -2.55. The average molecular weight is 890 g/mol. The Morgan fingerprint density at radius 3 is 1.27 bits per heavy atom. The van der Waals surface area contributed by atoms with Crippen molar-refractivity contribution in [1.29, 1.82) is 0 Å². The van der Waals surface area contributed by atoms with E-state index in [1.165, 1.54) is 44.9 Å². The topological polar surface area (TPSA) is 102 Å². The van der Waals surface area contributed by atoms with Crippen LogP contribution in [0.1, 0.15) is 174 Å². The SMILES string of the molecule is CC/C=C\C/C=C\C/C=C\C/C=C\C/C=C\CCCC(=O)OC(COCCC(C(=O)[O-])[N+](C)(C)C)COC(=O)CCCCCCCCCCCC/C=C\C/C=C\C/C=C\C/C=C\CC. The third-order valence-electron chi connectivity index (χ3n) is 10.4. The molecular formula is C56H91NO7. The Morgan fingerprint density at radius 2 is 0.844 bits per heavy atom. The van der Waals surface area contributed by atoms with Crippen LogP contribution in [0.4, 0.5) is 0 Å². The molecule has 0 amide bonds. The molecule has 8 heteroatoms. The van der Waals surface area contributed by atoms with Crippen LogP contribution < -0.4 is 5.11 Å². The highest BCUT2D eigenvalue weighted by Gasteiger charge is 2.25. The molecule has 64 heavy (non-hydrogen) atoms. The van der Waals surface area contributed by atoms with Crippen molar-refractivity contribution in [2.45, 2.75) is 187 Å². The first-order valence-corrected chi connectivity index (χ1v) is 24.9. The van der Waals surface area contributed by atoms with Gasteiger partial charge in [-0.2, -0.15) is 0 Å². The van der Waals surface area contributed by atoms with Gasteiger partial charge >= 0.3 is 11.9 Å². The van der Waals surface area contributed by atoms with Crippen molar-refractivity contribution in [3.63, 3.8) is 0 Å². The fraction of sp³-hybridized carbons (Fsp3) is 0.625. The number of likely N-dealkylation sites (N-methyl/N-ethyl adjacent to an activating group) is 1. The molecule has 0 aliphatic heterocycles. The minimum atomic E-state index is -1.14. The zero-order valence-electron chi connectivity index (χ0n) is 41.2. The first-order chi connectivity index (χ1) is 31.1. The molecule has 8 nitrogen and oxygen atoms in total. The first kappa shape index (κ1) is 60.0. The molecule has 0 spiro atoms. The maximum atomic E-state index is 12.7. The summed E-state index contributed by atoms with van der Waals surface area (Å²) in [6.07, 6.45) is 62.7. The summed E-state index contributed by atoms with van der Waals surface area (Å²) in [5.41, 5.74) is 0. The lowest BCUT2D eigenvalue weighted by Gasteiger charge is -2.34. The number of hydrogen-bond acceptors (Lipinski definition) is 7. The minimum absolute atomic E-state index is 0.00991. The lowest BCUT2D eigenvalue weighted by atomic mass is 10.1. The van der Waals surface area contributed by atoms with Crippen LogP contribution in [0.3, 0.4) is 0 Å². The average Bonchev–Trinajstić information content (AvgIpc) is 3.26. The van der Waals surface area contributed by atoms with E-state index in [-0.39, 0.29) is 49.1 Å². The molecule has 0 aromatic heterocycles. The van der Waals surface area contributed by atoms with Crippen LogP contribution >= 0.6 is 0 Å². The fourth-order valence-corrected chi connectivity index (χ4v) is 6.63. The number of ether oxygens (including phenoxy) is 3. The normalized spacial score (nSPS) is 13.8. The predicted molar refractivity (Wildman–Crippen MR) is 268 cm³/mol. The van der Waals surface area contributed by atoms with E-state index in [0.29, 0.717) is 12.8 Å². The summed E-state index contributed by atoms with van der Waals surface area (Å²) in [7, 11) is 5.38. The minimum Gasteiger partial charge on any atom is -0.544 e. The number of rotatable bonds is 43. The third kappa shape index (κ3) is 43.3. The number of carbonyl (C=O) groups is 3. The van der Waals surface area contributed by atoms with Gasteiger partial charge in [0.2, 0.25) is 0 Å². The van der Waals surface area contributed by atoms with E-state index < -0.39 is 18.1 Å². The van der Waals surface area contributed by atoms with E-state index in [0.717, 1.165) is 89.9 Å². The maximum absolute atomic E-state index is 12.7. The Morgan fingerprint density at radius 1 is 0.469 bits per heavy atom. The van der Waals surface area contributed by atoms with Gasteiger partial charge in [0.25, 0.3) is 0 Å². The number of unbranched alkanes of at least 4 members (excludes halogenated alkanes) is 11. The van der Waals surface area contributed by atoms with Crippen molar-refractivity contribution < 1.29 is 38.2 Å². The predicted octanol–water partition coefficient (Wildman–Crippen LogP) is 13.1. The molecule has 0 rings (SSSR count). The number of quaternary nitrogens is 1. The summed E-state index contributed by atoms with van der Waals surface area (Å²) in [5, 5.41) is 11.7. The van der Waals surface area contributed by atoms with E-state index in [1.54, 1.807) is 21.1 Å². The molecule has 0 aliphatic carbocycles. The van der Waals surface area contributed by atoms with Crippen LogP contribution in [0.25, 0.3) is 0 Å². The van der Waals surface area contributed by atoms with Crippen LogP contribution in [0.5, 0.6) is 0 Å². The van der Waals surface area contributed by atoms with Gasteiger partial charge in [0.15, 0.2) is 6.10 Å². The highest BCUT2D eigenvalue weighted by atomic mass is 16.6. The zero-order valence-corrected chi connectivity index (χ0v) is 41.2. The molecule has 2 unspecified atom stereocenters. The van der Waals surface area contributed by atoms with Crippen molar-refractivity contribution in [2.24, 2.45) is 0 Å². The monoisotopic (exact) mass is 890 g/mol. The molecule has 0 N–H and O–H groups in total. The molecule has 0 heterocycles. The summed E-state index contributed by atoms with van der Waals surface area (Å²) in [6, 6.07) is -0.743. The van der Waals surface area contributed by atoms with Crippen molar-refractivity contribution >= 4 is 17.9 Å². The summed E-state index contributed by atoms with van der Waals surface area (Å²) < 4.78 is 17.2. The van der Waals surface area contributed by atoms with Crippen LogP contribution in [0.15, 0.2) is 109 Å². The smallest absolute Gasteiger partial charge is 0.306 e. The van der Waals surface area contributed by atoms with Crippen molar-refractivity contribution in [3.05, 3.63) is 109 Å². The Hall–Kier alpha value is -4.01. The number of hydrogen-bond donors (Lipinski definition) is 0. The van der Waals surface area contributed by atoms with Gasteiger partial charge in [-0.3, -0.25) is 9.59 Å². The molecule has 0 bridgehead atoms. The largest absolute Gasteiger partial charge is 0.544 e. The molecule has 0 fully saturated rings. The molecule has 362 valence electrons. The maximum Gasteiger partial charge on any atom is 0.306 e. The number of carbonyl (C=O) groups excluding carboxylic acids is 3.